The summed E-state index contributed by atoms with van der Waals surface area (Å²) in [6, 6.07) is 17.5. The van der Waals surface area contributed by atoms with Gasteiger partial charge in [-0.05, 0) is 54.9 Å². The monoisotopic (exact) mass is 431 g/mol. The van der Waals surface area contributed by atoms with Gasteiger partial charge < -0.3 is 9.73 Å². The Morgan fingerprint density at radius 1 is 1.08 bits per heavy atom. The molecular formula is C19H18BrN3O2S. The quantitative estimate of drug-likeness (QED) is 0.324. The lowest BCUT2D eigenvalue weighted by Gasteiger charge is -2.10. The molecule has 134 valence electrons. The van der Waals surface area contributed by atoms with E-state index in [0.29, 0.717) is 10.7 Å². The van der Waals surface area contributed by atoms with Gasteiger partial charge >= 0.3 is 5.91 Å². The number of rotatable bonds is 5. The largest absolute Gasteiger partial charge is 0.451 e. The van der Waals surface area contributed by atoms with Crippen LogP contribution in [0.25, 0.3) is 11.0 Å². The molecule has 7 heteroatoms. The molecule has 1 heterocycles. The first-order valence-corrected chi connectivity index (χ1v) is 9.39. The molecule has 0 unspecified atom stereocenters. The minimum Gasteiger partial charge on any atom is -0.451 e. The van der Waals surface area contributed by atoms with Crippen LogP contribution in [-0.4, -0.2) is 17.6 Å². The van der Waals surface area contributed by atoms with Crippen LogP contribution in [0.15, 0.2) is 63.5 Å². The predicted octanol–water partition coefficient (Wildman–Crippen LogP) is 3.94. The molecule has 1 aromatic heterocycles. The molecule has 0 radical (unpaired) electrons. The fraction of sp³-hybridized carbons (Fsp3) is 0.158. The van der Waals surface area contributed by atoms with Crippen LogP contribution in [0, 0.1) is 0 Å². The maximum atomic E-state index is 12.2. The second kappa shape index (κ2) is 8.82. The van der Waals surface area contributed by atoms with Crippen LogP contribution >= 0.6 is 28.1 Å². The number of thiocarbonyl (C=S) groups is 1. The molecule has 3 rings (SSSR count). The molecule has 5 nitrogen and oxygen atoms in total. The van der Waals surface area contributed by atoms with E-state index < -0.39 is 0 Å². The van der Waals surface area contributed by atoms with Gasteiger partial charge in [0.05, 0.1) is 0 Å². The summed E-state index contributed by atoms with van der Waals surface area (Å²) in [5.74, 6) is -0.164. The number of amides is 1. The first-order valence-electron chi connectivity index (χ1n) is 8.19. The van der Waals surface area contributed by atoms with E-state index >= 15 is 0 Å². The van der Waals surface area contributed by atoms with Crippen LogP contribution in [0.5, 0.6) is 0 Å². The maximum absolute atomic E-state index is 12.2. The Kier molecular flexibility index (Phi) is 6.25. The lowest BCUT2D eigenvalue weighted by atomic mass is 10.1. The number of carbonyl (C=O) groups is 1. The fourth-order valence-corrected chi connectivity index (χ4v) is 3.02. The molecule has 3 N–H and O–H groups in total. The fourth-order valence-electron chi connectivity index (χ4n) is 2.48. The highest BCUT2D eigenvalue weighted by Crippen LogP contribution is 2.23. The van der Waals surface area contributed by atoms with Crippen LogP contribution in [0.3, 0.4) is 0 Å². The van der Waals surface area contributed by atoms with Crippen molar-refractivity contribution in [2.24, 2.45) is 0 Å². The zero-order valence-corrected chi connectivity index (χ0v) is 16.3. The summed E-state index contributed by atoms with van der Waals surface area (Å²) in [6.07, 6.45) is 1.91. The average Bonchev–Trinajstić information content (AvgIpc) is 3.07. The van der Waals surface area contributed by atoms with Crippen LogP contribution in [0.4, 0.5) is 0 Å². The van der Waals surface area contributed by atoms with Crippen molar-refractivity contribution in [1.29, 1.82) is 0 Å². The van der Waals surface area contributed by atoms with Gasteiger partial charge in [-0.2, -0.15) is 0 Å². The van der Waals surface area contributed by atoms with Gasteiger partial charge in [-0.1, -0.05) is 46.3 Å². The SMILES string of the molecule is O=C(NNC(=S)NCCCc1ccccc1)c1cc2cc(Br)ccc2o1. The van der Waals surface area contributed by atoms with Gasteiger partial charge in [-0.25, -0.2) is 0 Å². The van der Waals surface area contributed by atoms with E-state index in [4.69, 9.17) is 16.6 Å². The second-order valence-electron chi connectivity index (χ2n) is 5.72. The van der Waals surface area contributed by atoms with Crippen molar-refractivity contribution >= 4 is 50.1 Å². The summed E-state index contributed by atoms with van der Waals surface area (Å²) in [6.45, 7) is 0.718. The molecule has 0 spiro atoms. The zero-order valence-electron chi connectivity index (χ0n) is 13.9. The lowest BCUT2D eigenvalue weighted by molar-refractivity contribution is 0.0918. The molecule has 0 aliphatic rings. The Bertz CT molecular complexity index is 912. The van der Waals surface area contributed by atoms with Gasteiger partial charge in [-0.15, -0.1) is 0 Å². The molecule has 2 aromatic carbocycles. The first-order chi connectivity index (χ1) is 12.6. The predicted molar refractivity (Wildman–Crippen MR) is 110 cm³/mol. The molecule has 0 fully saturated rings. The van der Waals surface area contributed by atoms with Crippen molar-refractivity contribution in [2.45, 2.75) is 12.8 Å². The molecule has 0 bridgehead atoms. The van der Waals surface area contributed by atoms with Gasteiger partial charge in [0.15, 0.2) is 10.9 Å². The summed E-state index contributed by atoms with van der Waals surface area (Å²) in [5.41, 5.74) is 7.16. The molecular weight excluding hydrogens is 414 g/mol. The Morgan fingerprint density at radius 2 is 1.88 bits per heavy atom. The van der Waals surface area contributed by atoms with Crippen LogP contribution < -0.4 is 16.2 Å². The summed E-state index contributed by atoms with van der Waals surface area (Å²) in [7, 11) is 0. The number of hydrogen-bond acceptors (Lipinski definition) is 3. The van der Waals surface area contributed by atoms with Crippen molar-refractivity contribution in [3.05, 3.63) is 70.4 Å². The average molecular weight is 432 g/mol. The molecule has 3 aromatic rings. The normalized spacial score (nSPS) is 10.5. The van der Waals surface area contributed by atoms with Crippen molar-refractivity contribution in [3.63, 3.8) is 0 Å². The van der Waals surface area contributed by atoms with Gasteiger partial charge in [0.2, 0.25) is 0 Å². The molecule has 0 aliphatic carbocycles. The smallest absolute Gasteiger partial charge is 0.305 e. The third-order valence-corrected chi connectivity index (χ3v) is 4.50. The topological polar surface area (TPSA) is 66.3 Å². The van der Waals surface area contributed by atoms with Crippen molar-refractivity contribution in [1.82, 2.24) is 16.2 Å². The Balaban J connectivity index is 1.41. The standard InChI is InChI=1S/C19H18BrN3O2S/c20-15-8-9-16-14(11-15)12-17(25-16)18(24)22-23-19(26)21-10-4-7-13-5-2-1-3-6-13/h1-3,5-6,8-9,11-12H,4,7,10H2,(H,22,24)(H2,21,23,26). The minimum absolute atomic E-state index is 0.220. The molecule has 0 saturated heterocycles. The van der Waals surface area contributed by atoms with Crippen LogP contribution in [-0.2, 0) is 6.42 Å². The summed E-state index contributed by atoms with van der Waals surface area (Å²) >= 11 is 8.55. The number of nitrogens with one attached hydrogen (secondary N) is 3. The van der Waals surface area contributed by atoms with Gasteiger partial charge in [0, 0.05) is 16.4 Å². The summed E-state index contributed by atoms with van der Waals surface area (Å²) in [5, 5.41) is 4.28. The highest BCUT2D eigenvalue weighted by Gasteiger charge is 2.12. The Hall–Kier alpha value is -2.38. The summed E-state index contributed by atoms with van der Waals surface area (Å²) in [4.78, 5) is 12.2. The highest BCUT2D eigenvalue weighted by molar-refractivity contribution is 9.10. The van der Waals surface area contributed by atoms with Gasteiger partial charge in [0.25, 0.3) is 0 Å². The lowest BCUT2D eigenvalue weighted by Crippen LogP contribution is -2.46. The van der Waals surface area contributed by atoms with Crippen LogP contribution in [0.2, 0.25) is 0 Å². The number of carbonyl (C=O) groups excluding carboxylic acids is 1. The number of benzene rings is 2. The van der Waals surface area contributed by atoms with Crippen molar-refractivity contribution in [2.75, 3.05) is 6.54 Å². The van der Waals surface area contributed by atoms with Crippen molar-refractivity contribution in [3.8, 4) is 0 Å². The van der Waals surface area contributed by atoms with E-state index in [1.807, 2.05) is 36.4 Å². The Labute approximate surface area is 165 Å². The van der Waals surface area contributed by atoms with E-state index in [1.165, 1.54) is 5.56 Å². The number of hydrazine groups is 1. The number of aryl methyl sites for hydroxylation is 1. The molecule has 1 amide bonds. The molecule has 0 aliphatic heterocycles. The number of hydrogen-bond donors (Lipinski definition) is 3. The summed E-state index contributed by atoms with van der Waals surface area (Å²) < 4.78 is 6.46. The maximum Gasteiger partial charge on any atom is 0.305 e. The molecule has 26 heavy (non-hydrogen) atoms. The number of halogens is 1. The van der Waals surface area contributed by atoms with E-state index in [9.17, 15) is 4.79 Å². The highest BCUT2D eigenvalue weighted by atomic mass is 79.9. The van der Waals surface area contributed by atoms with E-state index in [1.54, 1.807) is 6.07 Å². The van der Waals surface area contributed by atoms with E-state index in [2.05, 4.69) is 44.2 Å². The van der Waals surface area contributed by atoms with Crippen LogP contribution in [0.1, 0.15) is 22.5 Å². The van der Waals surface area contributed by atoms with Crippen molar-refractivity contribution < 1.29 is 9.21 Å². The third kappa shape index (κ3) is 5.06. The molecule has 0 atom stereocenters. The minimum atomic E-state index is -0.384. The second-order valence-corrected chi connectivity index (χ2v) is 7.04. The third-order valence-electron chi connectivity index (χ3n) is 3.76. The molecule has 0 saturated carbocycles. The van der Waals surface area contributed by atoms with E-state index in [-0.39, 0.29) is 11.7 Å². The zero-order chi connectivity index (χ0) is 18.4. The Morgan fingerprint density at radius 3 is 2.69 bits per heavy atom. The number of fused-ring (bicyclic) bond motifs is 1. The van der Waals surface area contributed by atoms with Gasteiger partial charge in [0.1, 0.15) is 5.58 Å². The number of furan rings is 1. The van der Waals surface area contributed by atoms with E-state index in [0.717, 1.165) is 29.2 Å². The van der Waals surface area contributed by atoms with Gasteiger partial charge in [-0.3, -0.25) is 15.6 Å². The first kappa shape index (κ1) is 18.4.